The molecule has 0 unspecified atom stereocenters. The fourth-order valence-corrected chi connectivity index (χ4v) is 1.47. The maximum absolute atomic E-state index is 11.3. The molecule has 0 atom stereocenters. The monoisotopic (exact) mass is 273 g/mol. The second-order valence-corrected chi connectivity index (χ2v) is 5.25. The zero-order valence-electron chi connectivity index (χ0n) is 9.83. The van der Waals surface area contributed by atoms with E-state index >= 15 is 0 Å². The molecule has 17 heavy (non-hydrogen) atoms. The molecule has 0 aromatic heterocycles. The second kappa shape index (κ2) is 5.52. The summed E-state index contributed by atoms with van der Waals surface area (Å²) < 4.78 is 5.02. The topological polar surface area (TPSA) is 38.7 Å². The van der Waals surface area contributed by atoms with Gasteiger partial charge in [0.15, 0.2) is 0 Å². The van der Waals surface area contributed by atoms with Crippen LogP contribution in [0.2, 0.25) is 10.0 Å². The molecule has 0 aliphatic heterocycles. The van der Waals surface area contributed by atoms with Crippen LogP contribution in [0.25, 0.3) is 0 Å². The number of rotatable bonds is 1. The van der Waals surface area contributed by atoms with Crippen molar-refractivity contribution in [2.24, 2.45) is 4.99 Å². The highest BCUT2D eigenvalue weighted by atomic mass is 35.5. The van der Waals surface area contributed by atoms with E-state index in [1.807, 2.05) is 0 Å². The molecule has 1 aromatic rings. The van der Waals surface area contributed by atoms with Crippen molar-refractivity contribution in [1.29, 1.82) is 0 Å². The zero-order valence-corrected chi connectivity index (χ0v) is 11.3. The fraction of sp³-hybridized carbons (Fsp3) is 0.333. The summed E-state index contributed by atoms with van der Waals surface area (Å²) in [6.45, 7) is 5.32. The third-order valence-corrected chi connectivity index (χ3v) is 2.23. The zero-order chi connectivity index (χ0) is 13.1. The van der Waals surface area contributed by atoms with Crippen molar-refractivity contribution in [3.05, 3.63) is 33.8 Å². The molecule has 0 aliphatic rings. The van der Waals surface area contributed by atoms with Crippen molar-refractivity contribution in [1.82, 2.24) is 0 Å². The minimum Gasteiger partial charge on any atom is -0.442 e. The molecule has 0 saturated heterocycles. The number of carbonyl (C=O) groups excluding carboxylic acids is 1. The first-order valence-corrected chi connectivity index (χ1v) is 5.75. The van der Waals surface area contributed by atoms with Gasteiger partial charge in [0.05, 0.1) is 5.02 Å². The van der Waals surface area contributed by atoms with Gasteiger partial charge in [-0.2, -0.15) is 4.99 Å². The van der Waals surface area contributed by atoms with Gasteiger partial charge in [-0.15, -0.1) is 0 Å². The molecule has 0 saturated carbocycles. The van der Waals surface area contributed by atoms with Crippen LogP contribution < -0.4 is 0 Å². The van der Waals surface area contributed by atoms with Gasteiger partial charge in [-0.3, -0.25) is 0 Å². The lowest BCUT2D eigenvalue weighted by Crippen LogP contribution is -2.21. The molecule has 0 N–H and O–H groups in total. The summed E-state index contributed by atoms with van der Waals surface area (Å²) in [5, 5.41) is 0.967. The summed E-state index contributed by atoms with van der Waals surface area (Å²) in [4.78, 5) is 15.0. The number of ether oxygens (including phenoxy) is 1. The Morgan fingerprint density at radius 1 is 1.35 bits per heavy atom. The normalized spacial score (nSPS) is 11.8. The Labute approximate surface area is 110 Å². The standard InChI is InChI=1S/C12H13Cl2NO2/c1-12(2,3)17-11(16)15-7-8-4-5-9(13)6-10(8)14/h4-7H,1-3H3. The first-order chi connectivity index (χ1) is 7.78. The average molecular weight is 274 g/mol. The number of carbonyl (C=O) groups is 1. The van der Waals surface area contributed by atoms with Crippen LogP contribution in [0, 0.1) is 0 Å². The van der Waals surface area contributed by atoms with Gasteiger partial charge >= 0.3 is 6.09 Å². The summed E-state index contributed by atoms with van der Waals surface area (Å²) in [6, 6.07) is 4.93. The summed E-state index contributed by atoms with van der Waals surface area (Å²) in [6.07, 6.45) is 0.704. The van der Waals surface area contributed by atoms with Crippen molar-refractivity contribution < 1.29 is 9.53 Å². The molecule has 0 bridgehead atoms. The first kappa shape index (κ1) is 14.0. The lowest BCUT2D eigenvalue weighted by Gasteiger charge is -2.17. The predicted octanol–water partition coefficient (Wildman–Crippen LogP) is 4.35. The van der Waals surface area contributed by atoms with Gasteiger partial charge in [0.2, 0.25) is 0 Å². The van der Waals surface area contributed by atoms with Gasteiger partial charge in [0.25, 0.3) is 0 Å². The number of halogens is 2. The van der Waals surface area contributed by atoms with Crippen LogP contribution >= 0.6 is 23.2 Å². The third kappa shape index (κ3) is 5.20. The highest BCUT2D eigenvalue weighted by Crippen LogP contribution is 2.19. The molecule has 92 valence electrons. The van der Waals surface area contributed by atoms with Crippen LogP contribution in [0.15, 0.2) is 23.2 Å². The molecule has 0 fully saturated rings. The molecule has 0 aliphatic carbocycles. The second-order valence-electron chi connectivity index (χ2n) is 4.40. The molecule has 0 radical (unpaired) electrons. The number of hydrogen-bond donors (Lipinski definition) is 0. The molecule has 1 amide bonds. The Bertz CT molecular complexity index is 450. The number of nitrogens with zero attached hydrogens (tertiary/aromatic N) is 1. The molecular weight excluding hydrogens is 261 g/mol. The molecule has 1 aromatic carbocycles. The summed E-state index contributed by atoms with van der Waals surface area (Å²) >= 11 is 11.7. The Morgan fingerprint density at radius 2 is 2.00 bits per heavy atom. The maximum Gasteiger partial charge on any atom is 0.434 e. The van der Waals surface area contributed by atoms with Gasteiger partial charge in [-0.25, -0.2) is 4.79 Å². The van der Waals surface area contributed by atoms with E-state index in [0.717, 1.165) is 0 Å². The van der Waals surface area contributed by atoms with Crippen molar-refractivity contribution in [2.75, 3.05) is 0 Å². The van der Waals surface area contributed by atoms with Crippen LogP contribution in [0.5, 0.6) is 0 Å². The van der Waals surface area contributed by atoms with E-state index < -0.39 is 11.7 Å². The van der Waals surface area contributed by atoms with Crippen LogP contribution in [-0.4, -0.2) is 17.9 Å². The Morgan fingerprint density at radius 3 is 2.53 bits per heavy atom. The quantitative estimate of drug-likeness (QED) is 0.714. The Balaban J connectivity index is 2.74. The number of hydrogen-bond acceptors (Lipinski definition) is 2. The van der Waals surface area contributed by atoms with E-state index in [2.05, 4.69) is 4.99 Å². The maximum atomic E-state index is 11.3. The largest absolute Gasteiger partial charge is 0.442 e. The van der Waals surface area contributed by atoms with Gasteiger partial charge in [0.1, 0.15) is 5.60 Å². The van der Waals surface area contributed by atoms with Crippen molar-refractivity contribution in [3.8, 4) is 0 Å². The average Bonchev–Trinajstić information content (AvgIpc) is 2.13. The van der Waals surface area contributed by atoms with Crippen LogP contribution in [0.4, 0.5) is 4.79 Å². The predicted molar refractivity (Wildman–Crippen MR) is 70.3 cm³/mol. The number of aliphatic imine (C=N–C) groups is 1. The van der Waals surface area contributed by atoms with Gasteiger partial charge < -0.3 is 4.74 Å². The van der Waals surface area contributed by atoms with E-state index in [1.54, 1.807) is 39.0 Å². The van der Waals surface area contributed by atoms with Crippen molar-refractivity contribution in [2.45, 2.75) is 26.4 Å². The molecule has 0 heterocycles. The first-order valence-electron chi connectivity index (χ1n) is 5.00. The van der Waals surface area contributed by atoms with Gasteiger partial charge in [0, 0.05) is 16.8 Å². The van der Waals surface area contributed by atoms with Crippen LogP contribution in [-0.2, 0) is 4.74 Å². The van der Waals surface area contributed by atoms with Crippen molar-refractivity contribution >= 4 is 35.5 Å². The molecule has 3 nitrogen and oxygen atoms in total. The summed E-state index contributed by atoms with van der Waals surface area (Å²) in [5.41, 5.74) is 0.0556. The summed E-state index contributed by atoms with van der Waals surface area (Å²) in [7, 11) is 0. The molecule has 5 heteroatoms. The SMILES string of the molecule is CC(C)(C)OC(=O)N=Cc1ccc(Cl)cc1Cl. The number of benzene rings is 1. The van der Waals surface area contributed by atoms with E-state index in [0.29, 0.717) is 15.6 Å². The Hall–Kier alpha value is -1.06. The summed E-state index contributed by atoms with van der Waals surface area (Å²) in [5.74, 6) is 0. The molecular formula is C12H13Cl2NO2. The fourth-order valence-electron chi connectivity index (χ4n) is 1.02. The van der Waals surface area contributed by atoms with E-state index in [9.17, 15) is 4.79 Å². The van der Waals surface area contributed by atoms with E-state index in [4.69, 9.17) is 27.9 Å². The lowest BCUT2D eigenvalue weighted by atomic mass is 10.2. The Kier molecular flexibility index (Phi) is 4.54. The van der Waals surface area contributed by atoms with Crippen LogP contribution in [0.3, 0.4) is 0 Å². The van der Waals surface area contributed by atoms with E-state index in [-0.39, 0.29) is 0 Å². The third-order valence-electron chi connectivity index (χ3n) is 1.67. The molecule has 1 rings (SSSR count). The minimum atomic E-state index is -0.650. The van der Waals surface area contributed by atoms with Crippen molar-refractivity contribution in [3.63, 3.8) is 0 Å². The minimum absolute atomic E-state index is 0.435. The smallest absolute Gasteiger partial charge is 0.434 e. The lowest BCUT2D eigenvalue weighted by molar-refractivity contribution is 0.0605. The van der Waals surface area contributed by atoms with Gasteiger partial charge in [-0.05, 0) is 32.9 Å². The van der Waals surface area contributed by atoms with E-state index in [1.165, 1.54) is 6.21 Å². The van der Waals surface area contributed by atoms with Gasteiger partial charge in [-0.1, -0.05) is 29.3 Å². The highest BCUT2D eigenvalue weighted by Gasteiger charge is 2.14. The number of amides is 1. The van der Waals surface area contributed by atoms with Crippen LogP contribution in [0.1, 0.15) is 26.3 Å². The highest BCUT2D eigenvalue weighted by molar-refractivity contribution is 6.36. The molecule has 0 spiro atoms.